The summed E-state index contributed by atoms with van der Waals surface area (Å²) in [7, 11) is 0. The average molecular weight is 269 g/mol. The lowest BCUT2D eigenvalue weighted by Gasteiger charge is -2.03. The van der Waals surface area contributed by atoms with Crippen molar-refractivity contribution >= 4 is 21.6 Å². The zero-order valence-electron chi connectivity index (χ0n) is 7.96. The van der Waals surface area contributed by atoms with Crippen molar-refractivity contribution in [2.24, 2.45) is 0 Å². The Bertz CT molecular complexity index is 536. The van der Waals surface area contributed by atoms with Gasteiger partial charge in [-0.15, -0.1) is 11.3 Å². The maximum atomic E-state index is 12.4. The van der Waals surface area contributed by atoms with Crippen LogP contribution in [-0.2, 0) is 6.18 Å². The van der Waals surface area contributed by atoms with Crippen molar-refractivity contribution in [2.75, 3.05) is 0 Å². The molecule has 0 bridgehead atoms. The van der Waals surface area contributed by atoms with Crippen LogP contribution in [-0.4, -0.2) is 11.6 Å². The molecular formula is C9H4F5NOS. The van der Waals surface area contributed by atoms with Gasteiger partial charge >= 0.3 is 12.8 Å². The summed E-state index contributed by atoms with van der Waals surface area (Å²) in [5, 5.41) is -1.09. The molecule has 0 amide bonds. The predicted octanol–water partition coefficient (Wildman–Crippen LogP) is 3.92. The minimum Gasteiger partial charge on any atom is -0.433 e. The van der Waals surface area contributed by atoms with E-state index in [1.54, 1.807) is 0 Å². The van der Waals surface area contributed by atoms with Crippen LogP contribution in [0, 0.1) is 0 Å². The molecule has 1 heterocycles. The summed E-state index contributed by atoms with van der Waals surface area (Å²) in [6.45, 7) is -3.09. The molecule has 0 saturated carbocycles. The largest absolute Gasteiger partial charge is 0.443 e. The zero-order valence-corrected chi connectivity index (χ0v) is 8.78. The second kappa shape index (κ2) is 4.10. The fourth-order valence-electron chi connectivity index (χ4n) is 1.23. The van der Waals surface area contributed by atoms with Gasteiger partial charge in [-0.2, -0.15) is 22.0 Å². The van der Waals surface area contributed by atoms with Gasteiger partial charge in [0.05, 0.1) is 10.2 Å². The number of halogens is 5. The molecule has 8 heteroatoms. The predicted molar refractivity (Wildman–Crippen MR) is 51.3 cm³/mol. The van der Waals surface area contributed by atoms with E-state index in [9.17, 15) is 22.0 Å². The highest BCUT2D eigenvalue weighted by Gasteiger charge is 2.35. The number of fused-ring (bicyclic) bond motifs is 1. The monoisotopic (exact) mass is 269 g/mol. The van der Waals surface area contributed by atoms with Crippen LogP contribution in [0.25, 0.3) is 10.2 Å². The van der Waals surface area contributed by atoms with Crippen LogP contribution >= 0.6 is 11.3 Å². The standard InChI is InChI=1S/C9H4F5NOS/c10-8(11)16-5-3-1-2-4-6(5)17-7(15-4)9(12,13)14/h1-3,8H. The SMILES string of the molecule is FC(F)Oc1cccc2nc(C(F)(F)F)sc12. The smallest absolute Gasteiger partial charge is 0.433 e. The number of hydrogen-bond acceptors (Lipinski definition) is 3. The summed E-state index contributed by atoms with van der Waals surface area (Å²) in [6.07, 6.45) is -4.59. The number of hydrogen-bond donors (Lipinski definition) is 0. The van der Waals surface area contributed by atoms with Crippen LogP contribution in [0.5, 0.6) is 5.75 Å². The molecule has 0 N–H and O–H groups in total. The van der Waals surface area contributed by atoms with E-state index in [2.05, 4.69) is 9.72 Å². The fraction of sp³-hybridized carbons (Fsp3) is 0.222. The molecule has 0 aliphatic heterocycles. The molecule has 0 saturated heterocycles. The Kier molecular flexibility index (Phi) is 2.90. The third-order valence-electron chi connectivity index (χ3n) is 1.84. The lowest BCUT2D eigenvalue weighted by Crippen LogP contribution is -2.03. The lowest BCUT2D eigenvalue weighted by molar-refractivity contribution is -0.137. The van der Waals surface area contributed by atoms with Crippen LogP contribution in [0.4, 0.5) is 22.0 Å². The molecule has 2 rings (SSSR count). The Hall–Kier alpha value is -1.44. The molecule has 0 fully saturated rings. The third-order valence-corrected chi connectivity index (χ3v) is 2.97. The number of alkyl halides is 5. The first-order chi connectivity index (χ1) is 7.88. The van der Waals surface area contributed by atoms with Crippen molar-refractivity contribution in [3.05, 3.63) is 23.2 Å². The number of rotatable bonds is 2. The summed E-state index contributed by atoms with van der Waals surface area (Å²) in [5.74, 6) is -0.300. The van der Waals surface area contributed by atoms with E-state index in [0.29, 0.717) is 0 Å². The Morgan fingerprint density at radius 3 is 2.53 bits per heavy atom. The topological polar surface area (TPSA) is 22.1 Å². The quantitative estimate of drug-likeness (QED) is 0.771. The normalized spacial score (nSPS) is 12.4. The van der Waals surface area contributed by atoms with Crippen molar-refractivity contribution < 1.29 is 26.7 Å². The second-order valence-electron chi connectivity index (χ2n) is 3.00. The van der Waals surface area contributed by atoms with Gasteiger partial charge in [0, 0.05) is 0 Å². The summed E-state index contributed by atoms with van der Waals surface area (Å²) < 4.78 is 65.3. The molecule has 92 valence electrons. The molecule has 2 nitrogen and oxygen atoms in total. The van der Waals surface area contributed by atoms with Gasteiger partial charge in [0.2, 0.25) is 0 Å². The number of ether oxygens (including phenoxy) is 1. The molecule has 2 aromatic rings. The molecule has 0 spiro atoms. The second-order valence-corrected chi connectivity index (χ2v) is 4.00. The van der Waals surface area contributed by atoms with Crippen molar-refractivity contribution in [3.8, 4) is 5.75 Å². The molecular weight excluding hydrogens is 265 g/mol. The van der Waals surface area contributed by atoms with E-state index in [4.69, 9.17) is 0 Å². The maximum Gasteiger partial charge on any atom is 0.443 e. The zero-order chi connectivity index (χ0) is 12.6. The summed E-state index contributed by atoms with van der Waals surface area (Å²) in [5.41, 5.74) is -0.0134. The van der Waals surface area contributed by atoms with E-state index >= 15 is 0 Å². The minimum absolute atomic E-state index is 0.0134. The minimum atomic E-state index is -4.59. The molecule has 0 aliphatic carbocycles. The van der Waals surface area contributed by atoms with Gasteiger partial charge in [0.15, 0.2) is 5.01 Å². The molecule has 17 heavy (non-hydrogen) atoms. The number of benzene rings is 1. The first-order valence-electron chi connectivity index (χ1n) is 4.29. The molecule has 0 radical (unpaired) electrons. The van der Waals surface area contributed by atoms with Gasteiger partial charge < -0.3 is 4.74 Å². The van der Waals surface area contributed by atoms with E-state index in [1.165, 1.54) is 18.2 Å². The highest BCUT2D eigenvalue weighted by atomic mass is 32.1. The Morgan fingerprint density at radius 2 is 1.94 bits per heavy atom. The van der Waals surface area contributed by atoms with Gasteiger partial charge in [-0.3, -0.25) is 0 Å². The van der Waals surface area contributed by atoms with Gasteiger partial charge in [-0.25, -0.2) is 4.98 Å². The number of aromatic nitrogens is 1. The summed E-state index contributed by atoms with van der Waals surface area (Å²) >= 11 is 0.278. The molecule has 1 aromatic heterocycles. The highest BCUT2D eigenvalue weighted by Crippen LogP contribution is 2.39. The number of nitrogens with zero attached hydrogens (tertiary/aromatic N) is 1. The summed E-state index contributed by atoms with van der Waals surface area (Å²) in [4.78, 5) is 3.32. The highest BCUT2D eigenvalue weighted by molar-refractivity contribution is 7.19. The van der Waals surface area contributed by atoms with E-state index < -0.39 is 17.8 Å². The lowest BCUT2D eigenvalue weighted by atomic mass is 10.3. The van der Waals surface area contributed by atoms with E-state index in [1.807, 2.05) is 0 Å². The van der Waals surface area contributed by atoms with Gasteiger partial charge in [0.1, 0.15) is 5.75 Å². The van der Waals surface area contributed by atoms with Gasteiger partial charge in [0.25, 0.3) is 0 Å². The van der Waals surface area contributed by atoms with Crippen molar-refractivity contribution in [1.29, 1.82) is 0 Å². The summed E-state index contributed by atoms with van der Waals surface area (Å²) in [6, 6.07) is 3.78. The Balaban J connectivity index is 2.53. The van der Waals surface area contributed by atoms with Crippen LogP contribution in [0.2, 0.25) is 0 Å². The van der Waals surface area contributed by atoms with Crippen molar-refractivity contribution in [2.45, 2.75) is 12.8 Å². The molecule has 1 aromatic carbocycles. The molecule has 0 atom stereocenters. The third kappa shape index (κ3) is 2.46. The first-order valence-corrected chi connectivity index (χ1v) is 5.11. The van der Waals surface area contributed by atoms with E-state index in [0.717, 1.165) is 0 Å². The Labute approximate surface area is 95.6 Å². The fourth-order valence-corrected chi connectivity index (χ4v) is 2.12. The molecule has 0 aliphatic rings. The van der Waals surface area contributed by atoms with Crippen molar-refractivity contribution in [1.82, 2.24) is 4.98 Å². The van der Waals surface area contributed by atoms with Gasteiger partial charge in [-0.05, 0) is 12.1 Å². The van der Waals surface area contributed by atoms with Crippen LogP contribution in [0.15, 0.2) is 18.2 Å². The Morgan fingerprint density at radius 1 is 1.24 bits per heavy atom. The van der Waals surface area contributed by atoms with Crippen LogP contribution in [0.1, 0.15) is 5.01 Å². The average Bonchev–Trinajstić information content (AvgIpc) is 2.60. The van der Waals surface area contributed by atoms with Gasteiger partial charge in [-0.1, -0.05) is 6.07 Å². The molecule has 0 unspecified atom stereocenters. The van der Waals surface area contributed by atoms with Crippen LogP contribution < -0.4 is 4.74 Å². The number of thiazole rings is 1. The van der Waals surface area contributed by atoms with E-state index in [-0.39, 0.29) is 27.3 Å². The van der Waals surface area contributed by atoms with Crippen molar-refractivity contribution in [3.63, 3.8) is 0 Å². The maximum absolute atomic E-state index is 12.4. The first kappa shape index (κ1) is 12.0. The van der Waals surface area contributed by atoms with Crippen LogP contribution in [0.3, 0.4) is 0 Å².